The van der Waals surface area contributed by atoms with Crippen LogP contribution in [-0.2, 0) is 0 Å². The molecule has 1 aromatic heterocycles. The number of carbonyl (C=O) groups excluding carboxylic acids is 2. The first kappa shape index (κ1) is 19.6. The molecule has 0 aliphatic carbocycles. The molecular formula is C24H18ClN3O2. The normalized spacial score (nSPS) is 10.6. The summed E-state index contributed by atoms with van der Waals surface area (Å²) in [7, 11) is 0. The summed E-state index contributed by atoms with van der Waals surface area (Å²) in [6.45, 7) is 1.50. The number of hydrogen-bond donors (Lipinski definition) is 1. The third-order valence-electron chi connectivity index (χ3n) is 4.65. The highest BCUT2D eigenvalue weighted by atomic mass is 35.5. The Balaban J connectivity index is 1.71. The summed E-state index contributed by atoms with van der Waals surface area (Å²) in [5.41, 5.74) is 3.79. The molecule has 0 spiro atoms. The van der Waals surface area contributed by atoms with E-state index in [1.54, 1.807) is 47.3 Å². The van der Waals surface area contributed by atoms with Crippen LogP contribution in [0, 0.1) is 0 Å². The fourth-order valence-corrected chi connectivity index (χ4v) is 3.19. The van der Waals surface area contributed by atoms with Gasteiger partial charge in [-0.3, -0.25) is 9.59 Å². The van der Waals surface area contributed by atoms with Crippen molar-refractivity contribution >= 4 is 29.0 Å². The predicted octanol–water partition coefficient (Wildman–Crippen LogP) is 5.65. The van der Waals surface area contributed by atoms with Crippen LogP contribution in [0.5, 0.6) is 0 Å². The molecule has 1 amide bonds. The summed E-state index contributed by atoms with van der Waals surface area (Å²) >= 11 is 6.02. The van der Waals surface area contributed by atoms with Crippen molar-refractivity contribution in [2.24, 2.45) is 0 Å². The number of nitrogens with one attached hydrogen (secondary N) is 1. The molecule has 0 radical (unpaired) electrons. The molecule has 0 saturated heterocycles. The molecule has 1 heterocycles. The first-order chi connectivity index (χ1) is 14.5. The van der Waals surface area contributed by atoms with E-state index in [-0.39, 0.29) is 11.7 Å². The summed E-state index contributed by atoms with van der Waals surface area (Å²) in [4.78, 5) is 24.5. The molecule has 0 aliphatic rings. The number of amides is 1. The lowest BCUT2D eigenvalue weighted by molar-refractivity contribution is 0.101. The van der Waals surface area contributed by atoms with Crippen LogP contribution < -0.4 is 5.32 Å². The Labute approximate surface area is 178 Å². The Kier molecular flexibility index (Phi) is 5.46. The Bertz CT molecular complexity index is 1200. The second-order valence-electron chi connectivity index (χ2n) is 6.77. The predicted molar refractivity (Wildman–Crippen MR) is 118 cm³/mol. The Morgan fingerprint density at radius 2 is 1.57 bits per heavy atom. The van der Waals surface area contributed by atoms with E-state index in [0.717, 1.165) is 11.3 Å². The zero-order valence-electron chi connectivity index (χ0n) is 16.2. The van der Waals surface area contributed by atoms with Crippen molar-refractivity contribution in [2.45, 2.75) is 6.92 Å². The summed E-state index contributed by atoms with van der Waals surface area (Å²) in [5.74, 6) is -0.320. The maximum Gasteiger partial charge on any atom is 0.259 e. The number of nitrogens with zero attached hydrogens (tertiary/aromatic N) is 2. The number of para-hydroxylation sites is 1. The zero-order chi connectivity index (χ0) is 21.1. The molecule has 0 unspecified atom stereocenters. The van der Waals surface area contributed by atoms with E-state index in [9.17, 15) is 9.59 Å². The second-order valence-corrected chi connectivity index (χ2v) is 7.20. The summed E-state index contributed by atoms with van der Waals surface area (Å²) in [5, 5.41) is 8.14. The monoisotopic (exact) mass is 415 g/mol. The molecule has 4 rings (SSSR count). The molecule has 6 heteroatoms. The highest BCUT2D eigenvalue weighted by Gasteiger charge is 2.19. The van der Waals surface area contributed by atoms with E-state index >= 15 is 0 Å². The van der Waals surface area contributed by atoms with Crippen molar-refractivity contribution in [2.75, 3.05) is 5.32 Å². The zero-order valence-corrected chi connectivity index (χ0v) is 16.9. The molecule has 148 valence electrons. The van der Waals surface area contributed by atoms with E-state index in [4.69, 9.17) is 11.6 Å². The van der Waals surface area contributed by atoms with Gasteiger partial charge in [0.1, 0.15) is 5.69 Å². The van der Waals surface area contributed by atoms with Gasteiger partial charge in [0.2, 0.25) is 0 Å². The van der Waals surface area contributed by atoms with Crippen LogP contribution in [0.1, 0.15) is 27.6 Å². The van der Waals surface area contributed by atoms with Crippen LogP contribution in [0.2, 0.25) is 5.02 Å². The van der Waals surface area contributed by atoms with Crippen molar-refractivity contribution in [1.82, 2.24) is 9.78 Å². The molecule has 1 N–H and O–H groups in total. The van der Waals surface area contributed by atoms with Gasteiger partial charge in [-0.15, -0.1) is 0 Å². The van der Waals surface area contributed by atoms with Crippen molar-refractivity contribution in [3.8, 4) is 16.9 Å². The molecule has 5 nitrogen and oxygen atoms in total. The molecule has 0 saturated carbocycles. The summed E-state index contributed by atoms with van der Waals surface area (Å²) < 4.78 is 1.68. The number of halogens is 1. The smallest absolute Gasteiger partial charge is 0.259 e. The first-order valence-corrected chi connectivity index (χ1v) is 9.72. The van der Waals surface area contributed by atoms with Crippen molar-refractivity contribution in [1.29, 1.82) is 0 Å². The minimum atomic E-state index is -0.294. The summed E-state index contributed by atoms with van der Waals surface area (Å²) in [6, 6.07) is 23.6. The average Bonchev–Trinajstić information content (AvgIpc) is 3.21. The number of anilines is 1. The molecule has 0 aliphatic heterocycles. The number of benzene rings is 3. The van der Waals surface area contributed by atoms with E-state index < -0.39 is 0 Å². The summed E-state index contributed by atoms with van der Waals surface area (Å²) in [6.07, 6.45) is 1.71. The van der Waals surface area contributed by atoms with Gasteiger partial charge in [0.05, 0.1) is 11.3 Å². The van der Waals surface area contributed by atoms with Crippen LogP contribution in [0.25, 0.3) is 16.9 Å². The molecule has 3 aromatic carbocycles. The van der Waals surface area contributed by atoms with Crippen LogP contribution in [0.15, 0.2) is 85.1 Å². The Morgan fingerprint density at radius 3 is 2.20 bits per heavy atom. The lowest BCUT2D eigenvalue weighted by atomic mass is 10.1. The number of rotatable bonds is 5. The van der Waals surface area contributed by atoms with Gasteiger partial charge in [-0.25, -0.2) is 4.68 Å². The molecular weight excluding hydrogens is 398 g/mol. The maximum absolute atomic E-state index is 13.1. The maximum atomic E-state index is 13.1. The van der Waals surface area contributed by atoms with Crippen LogP contribution in [0.4, 0.5) is 5.69 Å². The van der Waals surface area contributed by atoms with Gasteiger partial charge in [-0.05, 0) is 55.5 Å². The molecule has 4 aromatic rings. The van der Waals surface area contributed by atoms with Crippen LogP contribution in [-0.4, -0.2) is 21.5 Å². The van der Waals surface area contributed by atoms with Gasteiger partial charge in [-0.2, -0.15) is 5.10 Å². The average molecular weight is 416 g/mol. The number of aromatic nitrogens is 2. The van der Waals surface area contributed by atoms with Crippen LogP contribution >= 0.6 is 11.6 Å². The first-order valence-electron chi connectivity index (χ1n) is 9.34. The number of carbonyl (C=O) groups is 2. The number of hydrogen-bond acceptors (Lipinski definition) is 3. The molecule has 0 bridgehead atoms. The van der Waals surface area contributed by atoms with E-state index in [1.807, 2.05) is 42.5 Å². The quantitative estimate of drug-likeness (QED) is 0.428. The largest absolute Gasteiger partial charge is 0.322 e. The van der Waals surface area contributed by atoms with Crippen LogP contribution in [0.3, 0.4) is 0 Å². The third-order valence-corrected chi connectivity index (χ3v) is 4.90. The van der Waals surface area contributed by atoms with Gasteiger partial charge in [0.25, 0.3) is 5.91 Å². The van der Waals surface area contributed by atoms with Gasteiger partial charge < -0.3 is 5.32 Å². The number of Topliss-reactive ketones (excluding diaryl/α,β-unsaturated/α-hetero) is 1. The second kappa shape index (κ2) is 8.35. The lowest BCUT2D eigenvalue weighted by Crippen LogP contribution is -2.12. The lowest BCUT2D eigenvalue weighted by Gasteiger charge is -2.06. The Hall–Kier alpha value is -3.70. The minimum absolute atomic E-state index is 0.0259. The highest BCUT2D eigenvalue weighted by molar-refractivity contribution is 6.30. The fourth-order valence-electron chi connectivity index (χ4n) is 3.06. The fraction of sp³-hybridized carbons (Fsp3) is 0.0417. The standard InChI is InChI=1S/C24H18ClN3O2/c1-16(29)17-9-13-20(14-10-17)26-24(30)22-15-28(21-5-3-2-4-6-21)27-23(22)18-7-11-19(25)12-8-18/h2-15H,1H3,(H,26,30). The van der Waals surface area contributed by atoms with Gasteiger partial charge in [-0.1, -0.05) is 41.9 Å². The van der Waals surface area contributed by atoms with Gasteiger partial charge in [0, 0.05) is 28.0 Å². The minimum Gasteiger partial charge on any atom is -0.322 e. The topological polar surface area (TPSA) is 64.0 Å². The van der Waals surface area contributed by atoms with E-state index in [0.29, 0.717) is 27.5 Å². The number of ketones is 1. The van der Waals surface area contributed by atoms with E-state index in [2.05, 4.69) is 10.4 Å². The highest BCUT2D eigenvalue weighted by Crippen LogP contribution is 2.26. The Morgan fingerprint density at radius 1 is 0.900 bits per heavy atom. The SMILES string of the molecule is CC(=O)c1ccc(NC(=O)c2cn(-c3ccccc3)nc2-c2ccc(Cl)cc2)cc1. The third kappa shape index (κ3) is 4.16. The molecule has 30 heavy (non-hydrogen) atoms. The molecule has 0 fully saturated rings. The van der Waals surface area contributed by atoms with Crippen molar-refractivity contribution in [3.05, 3.63) is 101 Å². The molecule has 0 atom stereocenters. The van der Waals surface area contributed by atoms with Crippen molar-refractivity contribution < 1.29 is 9.59 Å². The van der Waals surface area contributed by atoms with Gasteiger partial charge in [0.15, 0.2) is 5.78 Å². The van der Waals surface area contributed by atoms with Gasteiger partial charge >= 0.3 is 0 Å². The van der Waals surface area contributed by atoms with Crippen molar-refractivity contribution in [3.63, 3.8) is 0 Å². The van der Waals surface area contributed by atoms with E-state index in [1.165, 1.54) is 6.92 Å².